The highest BCUT2D eigenvalue weighted by Gasteiger charge is 2.14. The van der Waals surface area contributed by atoms with Crippen molar-refractivity contribution in [1.82, 2.24) is 25.1 Å². The van der Waals surface area contributed by atoms with E-state index in [-0.39, 0.29) is 6.01 Å². The first-order chi connectivity index (χ1) is 12.3. The number of fused-ring (bicyclic) bond motifs is 1. The second-order valence-electron chi connectivity index (χ2n) is 5.43. The van der Waals surface area contributed by atoms with E-state index >= 15 is 0 Å². The predicted octanol–water partition coefficient (Wildman–Crippen LogP) is 3.04. The van der Waals surface area contributed by atoms with Gasteiger partial charge in [0, 0.05) is 11.9 Å². The molecule has 4 aromatic rings. The molecule has 0 atom stereocenters. The molecule has 124 valence electrons. The van der Waals surface area contributed by atoms with E-state index in [1.54, 1.807) is 0 Å². The fourth-order valence-corrected chi connectivity index (χ4v) is 2.54. The number of hydrogen-bond acceptors (Lipinski definition) is 6. The Morgan fingerprint density at radius 3 is 2.60 bits per heavy atom. The van der Waals surface area contributed by atoms with E-state index in [9.17, 15) is 0 Å². The molecule has 0 spiro atoms. The van der Waals surface area contributed by atoms with Crippen LogP contribution in [0, 0.1) is 0 Å². The third-order valence-electron chi connectivity index (χ3n) is 3.77. The number of methoxy groups -OCH3 is 1. The molecule has 25 heavy (non-hydrogen) atoms. The third kappa shape index (κ3) is 3.12. The number of nitrogens with zero attached hydrogens (tertiary/aromatic N) is 4. The summed E-state index contributed by atoms with van der Waals surface area (Å²) in [7, 11) is 1.53. The molecule has 0 bridgehead atoms. The summed E-state index contributed by atoms with van der Waals surface area (Å²) >= 11 is 0. The van der Waals surface area contributed by atoms with Gasteiger partial charge in [-0.2, -0.15) is 20.1 Å². The molecule has 2 aromatic heterocycles. The molecular formula is C18H16N6O. The molecule has 2 heterocycles. The van der Waals surface area contributed by atoms with Gasteiger partial charge in [0.15, 0.2) is 5.82 Å². The Labute approximate surface area is 144 Å². The number of anilines is 1. The maximum atomic E-state index is 5.22. The predicted molar refractivity (Wildman–Crippen MR) is 95.2 cm³/mol. The molecule has 2 N–H and O–H groups in total. The third-order valence-corrected chi connectivity index (χ3v) is 3.77. The van der Waals surface area contributed by atoms with Crippen molar-refractivity contribution < 1.29 is 4.74 Å². The first-order valence-corrected chi connectivity index (χ1v) is 7.85. The van der Waals surface area contributed by atoms with Crippen LogP contribution in [-0.4, -0.2) is 32.3 Å². The van der Waals surface area contributed by atoms with Crippen LogP contribution in [0.1, 0.15) is 5.56 Å². The number of rotatable bonds is 5. The number of aromatic nitrogens is 5. The van der Waals surface area contributed by atoms with Crippen LogP contribution in [-0.2, 0) is 6.54 Å². The average molecular weight is 332 g/mol. The van der Waals surface area contributed by atoms with Gasteiger partial charge in [-0.15, -0.1) is 0 Å². The van der Waals surface area contributed by atoms with Gasteiger partial charge in [-0.3, -0.25) is 5.10 Å². The van der Waals surface area contributed by atoms with Crippen LogP contribution in [0.15, 0.2) is 54.6 Å². The summed E-state index contributed by atoms with van der Waals surface area (Å²) in [5.74, 6) is 0.901. The first kappa shape index (κ1) is 15.1. The van der Waals surface area contributed by atoms with Gasteiger partial charge < -0.3 is 10.1 Å². The molecule has 0 amide bonds. The van der Waals surface area contributed by atoms with Gasteiger partial charge in [0.05, 0.1) is 12.6 Å². The Kier molecular flexibility index (Phi) is 3.96. The second kappa shape index (κ2) is 6.56. The van der Waals surface area contributed by atoms with Gasteiger partial charge >= 0.3 is 6.01 Å². The zero-order valence-corrected chi connectivity index (χ0v) is 13.6. The summed E-state index contributed by atoms with van der Waals surface area (Å²) < 4.78 is 5.22. The Bertz CT molecular complexity index is 999. The van der Waals surface area contributed by atoms with Crippen LogP contribution in [0.2, 0.25) is 0 Å². The topological polar surface area (TPSA) is 88.6 Å². The van der Waals surface area contributed by atoms with Crippen molar-refractivity contribution >= 4 is 16.9 Å². The highest BCUT2D eigenvalue weighted by molar-refractivity contribution is 5.91. The van der Waals surface area contributed by atoms with Gasteiger partial charge in [-0.1, -0.05) is 48.5 Å². The molecule has 7 nitrogen and oxygen atoms in total. The van der Waals surface area contributed by atoms with E-state index in [4.69, 9.17) is 4.74 Å². The number of benzene rings is 2. The molecule has 0 radical (unpaired) electrons. The monoisotopic (exact) mass is 332 g/mol. The van der Waals surface area contributed by atoms with Gasteiger partial charge in [0.25, 0.3) is 0 Å². The molecule has 0 unspecified atom stereocenters. The molecule has 0 aliphatic heterocycles. The minimum absolute atomic E-state index is 0.243. The summed E-state index contributed by atoms with van der Waals surface area (Å²) in [5, 5.41) is 11.5. The van der Waals surface area contributed by atoms with Crippen LogP contribution in [0.5, 0.6) is 6.01 Å². The Morgan fingerprint density at radius 2 is 1.76 bits per heavy atom. The number of para-hydroxylation sites is 1. The van der Waals surface area contributed by atoms with E-state index in [1.807, 2.05) is 54.6 Å². The standard InChI is InChI=1S/C18H16N6O/c1-25-18-21-16(15-13-9-5-6-10-14(13)23-24-15)20-17(22-18)19-11-12-7-3-2-4-8-12/h2-10H,11H2,1H3,(H,23,24)(H,19,20,21,22). The number of hydrogen-bond donors (Lipinski definition) is 2. The lowest BCUT2D eigenvalue weighted by Crippen LogP contribution is -2.07. The van der Waals surface area contributed by atoms with E-state index < -0.39 is 0 Å². The molecule has 0 aliphatic rings. The lowest BCUT2D eigenvalue weighted by molar-refractivity contribution is 0.379. The number of H-pyrrole nitrogens is 1. The summed E-state index contributed by atoms with van der Waals surface area (Å²) in [4.78, 5) is 13.1. The average Bonchev–Trinajstić information content (AvgIpc) is 3.11. The van der Waals surface area contributed by atoms with Gasteiger partial charge in [0.1, 0.15) is 5.69 Å². The molecule has 0 saturated carbocycles. The zero-order chi connectivity index (χ0) is 17.1. The van der Waals surface area contributed by atoms with Crippen LogP contribution in [0.3, 0.4) is 0 Å². The molecule has 0 fully saturated rings. The minimum atomic E-state index is 0.243. The molecule has 0 saturated heterocycles. The Balaban J connectivity index is 1.68. The lowest BCUT2D eigenvalue weighted by atomic mass is 10.2. The number of ether oxygens (including phenoxy) is 1. The van der Waals surface area contributed by atoms with Crippen molar-refractivity contribution in [1.29, 1.82) is 0 Å². The smallest absolute Gasteiger partial charge is 0.321 e. The van der Waals surface area contributed by atoms with Gasteiger partial charge in [0.2, 0.25) is 5.95 Å². The van der Waals surface area contributed by atoms with Crippen molar-refractivity contribution in [3.05, 3.63) is 60.2 Å². The maximum absolute atomic E-state index is 5.22. The zero-order valence-electron chi connectivity index (χ0n) is 13.6. The summed E-state index contributed by atoms with van der Waals surface area (Å²) in [6.07, 6.45) is 0. The summed E-state index contributed by atoms with van der Waals surface area (Å²) in [6.45, 7) is 0.606. The van der Waals surface area contributed by atoms with E-state index in [0.29, 0.717) is 24.0 Å². The first-order valence-electron chi connectivity index (χ1n) is 7.85. The summed E-state index contributed by atoms with van der Waals surface area (Å²) in [6, 6.07) is 18.1. The Morgan fingerprint density at radius 1 is 0.960 bits per heavy atom. The number of nitrogens with one attached hydrogen (secondary N) is 2. The molecule has 4 rings (SSSR count). The minimum Gasteiger partial charge on any atom is -0.467 e. The van der Waals surface area contributed by atoms with E-state index in [2.05, 4.69) is 30.5 Å². The fourth-order valence-electron chi connectivity index (χ4n) is 2.54. The Hall–Kier alpha value is -3.48. The van der Waals surface area contributed by atoms with Crippen molar-refractivity contribution in [2.24, 2.45) is 0 Å². The lowest BCUT2D eigenvalue weighted by Gasteiger charge is -2.07. The van der Waals surface area contributed by atoms with Crippen LogP contribution >= 0.6 is 0 Å². The second-order valence-corrected chi connectivity index (χ2v) is 5.43. The van der Waals surface area contributed by atoms with Gasteiger partial charge in [-0.25, -0.2) is 0 Å². The fraction of sp³-hybridized carbons (Fsp3) is 0.111. The highest BCUT2D eigenvalue weighted by Crippen LogP contribution is 2.25. The molecule has 0 aliphatic carbocycles. The largest absolute Gasteiger partial charge is 0.467 e. The molecule has 7 heteroatoms. The van der Waals surface area contributed by atoms with Crippen molar-refractivity contribution in [3.8, 4) is 17.5 Å². The normalized spacial score (nSPS) is 10.8. The maximum Gasteiger partial charge on any atom is 0.321 e. The van der Waals surface area contributed by atoms with Gasteiger partial charge in [-0.05, 0) is 11.6 Å². The van der Waals surface area contributed by atoms with Crippen molar-refractivity contribution in [2.75, 3.05) is 12.4 Å². The van der Waals surface area contributed by atoms with E-state index in [1.165, 1.54) is 7.11 Å². The van der Waals surface area contributed by atoms with Crippen molar-refractivity contribution in [2.45, 2.75) is 6.54 Å². The molecule has 2 aromatic carbocycles. The van der Waals surface area contributed by atoms with Crippen LogP contribution in [0.25, 0.3) is 22.4 Å². The summed E-state index contributed by atoms with van der Waals surface area (Å²) in [5.41, 5.74) is 2.73. The van der Waals surface area contributed by atoms with E-state index in [0.717, 1.165) is 16.5 Å². The van der Waals surface area contributed by atoms with Crippen LogP contribution in [0.4, 0.5) is 5.95 Å². The highest BCUT2D eigenvalue weighted by atomic mass is 16.5. The molecular weight excluding hydrogens is 316 g/mol. The van der Waals surface area contributed by atoms with Crippen molar-refractivity contribution in [3.63, 3.8) is 0 Å². The quantitative estimate of drug-likeness (QED) is 0.584. The number of aromatic amines is 1. The SMILES string of the molecule is COc1nc(NCc2ccccc2)nc(-c2n[nH]c3ccccc23)n1. The van der Waals surface area contributed by atoms with Crippen LogP contribution < -0.4 is 10.1 Å².